The van der Waals surface area contributed by atoms with Gasteiger partial charge in [-0.2, -0.15) is 4.31 Å². The minimum Gasteiger partial charge on any atom is -0.379 e. The van der Waals surface area contributed by atoms with Gasteiger partial charge in [-0.1, -0.05) is 30.3 Å². The first-order chi connectivity index (χ1) is 12.4. The molecule has 0 radical (unpaired) electrons. The summed E-state index contributed by atoms with van der Waals surface area (Å²) in [7, 11) is -3.66. The quantitative estimate of drug-likeness (QED) is 0.828. The zero-order valence-electron chi connectivity index (χ0n) is 14.9. The van der Waals surface area contributed by atoms with Gasteiger partial charge in [0.2, 0.25) is 10.0 Å². The highest BCUT2D eigenvalue weighted by atomic mass is 32.2. The molecule has 140 valence electrons. The molecule has 1 aromatic heterocycles. The summed E-state index contributed by atoms with van der Waals surface area (Å²) >= 11 is 0. The Morgan fingerprint density at radius 1 is 1.19 bits per heavy atom. The molecule has 0 unspecified atom stereocenters. The van der Waals surface area contributed by atoms with E-state index in [2.05, 4.69) is 10.3 Å². The van der Waals surface area contributed by atoms with Crippen LogP contribution in [0, 0.1) is 13.8 Å². The minimum absolute atomic E-state index is 0.185. The number of carbonyl (C=O) groups excluding carboxylic acids is 1. The van der Waals surface area contributed by atoms with Crippen LogP contribution in [0.1, 0.15) is 27.3 Å². The van der Waals surface area contributed by atoms with Crippen LogP contribution in [-0.4, -0.2) is 49.9 Å². The Labute approximate surface area is 153 Å². The summed E-state index contributed by atoms with van der Waals surface area (Å²) in [5.41, 5.74) is 2.17. The third kappa shape index (κ3) is 3.67. The van der Waals surface area contributed by atoms with Crippen LogP contribution in [0.2, 0.25) is 0 Å². The molecule has 0 saturated carbocycles. The number of aromatic amines is 1. The number of nitrogens with one attached hydrogen (secondary N) is 2. The Kier molecular flexibility index (Phi) is 5.45. The van der Waals surface area contributed by atoms with Gasteiger partial charge in [0.1, 0.15) is 10.6 Å². The van der Waals surface area contributed by atoms with Gasteiger partial charge in [0.05, 0.1) is 13.2 Å². The first-order valence-corrected chi connectivity index (χ1v) is 9.94. The van der Waals surface area contributed by atoms with Crippen molar-refractivity contribution in [3.05, 3.63) is 52.8 Å². The summed E-state index contributed by atoms with van der Waals surface area (Å²) in [5.74, 6) is -0.321. The van der Waals surface area contributed by atoms with Crippen molar-refractivity contribution < 1.29 is 17.9 Å². The fourth-order valence-corrected chi connectivity index (χ4v) is 4.94. The normalized spacial score (nSPS) is 15.8. The number of ether oxygens (including phenoxy) is 1. The predicted octanol–water partition coefficient (Wildman–Crippen LogP) is 1.58. The molecule has 1 fully saturated rings. The molecule has 1 amide bonds. The number of aromatic nitrogens is 1. The lowest BCUT2D eigenvalue weighted by atomic mass is 10.2. The molecule has 7 nitrogen and oxygen atoms in total. The van der Waals surface area contributed by atoms with E-state index >= 15 is 0 Å². The average molecular weight is 377 g/mol. The molecule has 1 aliphatic heterocycles. The number of aryl methyl sites for hydroxylation is 1. The van der Waals surface area contributed by atoms with Crippen LogP contribution in [-0.2, 0) is 21.3 Å². The van der Waals surface area contributed by atoms with E-state index in [9.17, 15) is 13.2 Å². The first kappa shape index (κ1) is 18.6. The van der Waals surface area contributed by atoms with E-state index in [1.54, 1.807) is 13.8 Å². The van der Waals surface area contributed by atoms with E-state index in [0.29, 0.717) is 44.1 Å². The third-order valence-corrected chi connectivity index (χ3v) is 6.63. The Balaban J connectivity index is 1.82. The first-order valence-electron chi connectivity index (χ1n) is 8.50. The largest absolute Gasteiger partial charge is 0.379 e. The summed E-state index contributed by atoms with van der Waals surface area (Å²) in [4.78, 5) is 15.7. The van der Waals surface area contributed by atoms with Gasteiger partial charge in [-0.25, -0.2) is 8.42 Å². The van der Waals surface area contributed by atoms with Crippen molar-refractivity contribution in [3.8, 4) is 0 Å². The topological polar surface area (TPSA) is 91.5 Å². The molecule has 3 rings (SSSR count). The highest BCUT2D eigenvalue weighted by Gasteiger charge is 2.32. The monoisotopic (exact) mass is 377 g/mol. The molecule has 2 aromatic rings. The number of nitrogens with zero attached hydrogens (tertiary/aromatic N) is 1. The van der Waals surface area contributed by atoms with Crippen LogP contribution in [0.25, 0.3) is 0 Å². The number of hydrogen-bond acceptors (Lipinski definition) is 4. The highest BCUT2D eigenvalue weighted by molar-refractivity contribution is 7.89. The Morgan fingerprint density at radius 2 is 1.85 bits per heavy atom. The Bertz CT molecular complexity index is 885. The highest BCUT2D eigenvalue weighted by Crippen LogP contribution is 2.27. The number of amides is 1. The summed E-state index contributed by atoms with van der Waals surface area (Å²) < 4.78 is 32.6. The van der Waals surface area contributed by atoms with Gasteiger partial charge in [0, 0.05) is 25.3 Å². The molecular weight excluding hydrogens is 354 g/mol. The summed E-state index contributed by atoms with van der Waals surface area (Å²) in [6, 6.07) is 9.55. The fourth-order valence-electron chi connectivity index (χ4n) is 3.13. The molecule has 1 aromatic carbocycles. The van der Waals surface area contributed by atoms with E-state index in [1.165, 1.54) is 4.31 Å². The number of H-pyrrole nitrogens is 1. The van der Waals surface area contributed by atoms with Crippen molar-refractivity contribution in [2.24, 2.45) is 0 Å². The van der Waals surface area contributed by atoms with Crippen molar-refractivity contribution in [1.29, 1.82) is 0 Å². The SMILES string of the molecule is Cc1[nH]c(C(=O)NCc2ccccc2)c(C)c1S(=O)(=O)N1CCOCC1. The average Bonchev–Trinajstić information content (AvgIpc) is 2.96. The van der Waals surface area contributed by atoms with Gasteiger partial charge in [-0.3, -0.25) is 4.79 Å². The van der Waals surface area contributed by atoms with Crippen molar-refractivity contribution in [1.82, 2.24) is 14.6 Å². The minimum atomic E-state index is -3.66. The smallest absolute Gasteiger partial charge is 0.268 e. The van der Waals surface area contributed by atoms with Gasteiger partial charge >= 0.3 is 0 Å². The maximum Gasteiger partial charge on any atom is 0.268 e. The number of rotatable bonds is 5. The van der Waals surface area contributed by atoms with E-state index in [0.717, 1.165) is 5.56 Å². The maximum atomic E-state index is 13.0. The molecule has 0 bridgehead atoms. The Hall–Kier alpha value is -2.16. The van der Waals surface area contributed by atoms with Crippen LogP contribution in [0.4, 0.5) is 0 Å². The fraction of sp³-hybridized carbons (Fsp3) is 0.389. The summed E-state index contributed by atoms with van der Waals surface area (Å²) in [6.45, 7) is 5.12. The number of carbonyl (C=O) groups is 1. The standard InChI is InChI=1S/C18H23N3O4S/c1-13-16(18(22)19-12-15-6-4-3-5-7-15)20-14(2)17(13)26(23,24)21-8-10-25-11-9-21/h3-7,20H,8-12H2,1-2H3,(H,19,22). The van der Waals surface area contributed by atoms with Crippen LogP contribution in [0.15, 0.2) is 35.2 Å². The van der Waals surface area contributed by atoms with E-state index in [4.69, 9.17) is 4.74 Å². The molecule has 8 heteroatoms. The van der Waals surface area contributed by atoms with Crippen LogP contribution < -0.4 is 5.32 Å². The summed E-state index contributed by atoms with van der Waals surface area (Å²) in [5, 5.41) is 2.83. The molecular formula is C18H23N3O4S. The molecule has 26 heavy (non-hydrogen) atoms. The maximum absolute atomic E-state index is 13.0. The molecule has 0 atom stereocenters. The second kappa shape index (κ2) is 7.61. The predicted molar refractivity (Wildman–Crippen MR) is 97.5 cm³/mol. The van der Waals surface area contributed by atoms with E-state index < -0.39 is 10.0 Å². The lowest BCUT2D eigenvalue weighted by molar-refractivity contribution is 0.0730. The lowest BCUT2D eigenvalue weighted by Crippen LogP contribution is -2.41. The van der Waals surface area contributed by atoms with E-state index in [1.807, 2.05) is 30.3 Å². The lowest BCUT2D eigenvalue weighted by Gasteiger charge is -2.26. The number of hydrogen-bond donors (Lipinski definition) is 2. The van der Waals surface area contributed by atoms with E-state index in [-0.39, 0.29) is 16.5 Å². The molecule has 1 aliphatic rings. The second-order valence-electron chi connectivity index (χ2n) is 6.26. The van der Waals surface area contributed by atoms with Gasteiger partial charge < -0.3 is 15.0 Å². The zero-order chi connectivity index (χ0) is 18.7. The molecule has 2 N–H and O–H groups in total. The van der Waals surface area contributed by atoms with Crippen molar-refractivity contribution in [3.63, 3.8) is 0 Å². The molecule has 1 saturated heterocycles. The zero-order valence-corrected chi connectivity index (χ0v) is 15.7. The van der Waals surface area contributed by atoms with Gasteiger partial charge in [0.15, 0.2) is 0 Å². The Morgan fingerprint density at radius 3 is 2.50 bits per heavy atom. The van der Waals surface area contributed by atoms with Crippen molar-refractivity contribution in [2.45, 2.75) is 25.3 Å². The van der Waals surface area contributed by atoms with Crippen LogP contribution >= 0.6 is 0 Å². The molecule has 0 aliphatic carbocycles. The van der Waals surface area contributed by atoms with Gasteiger partial charge in [-0.05, 0) is 25.0 Å². The second-order valence-corrected chi connectivity index (χ2v) is 8.14. The van der Waals surface area contributed by atoms with Crippen molar-refractivity contribution >= 4 is 15.9 Å². The van der Waals surface area contributed by atoms with Crippen LogP contribution in [0.5, 0.6) is 0 Å². The van der Waals surface area contributed by atoms with Crippen LogP contribution in [0.3, 0.4) is 0 Å². The number of morpholine rings is 1. The molecule has 0 spiro atoms. The van der Waals surface area contributed by atoms with Gasteiger partial charge in [0.25, 0.3) is 5.91 Å². The third-order valence-electron chi connectivity index (χ3n) is 4.46. The number of sulfonamides is 1. The summed E-state index contributed by atoms with van der Waals surface area (Å²) in [6.07, 6.45) is 0. The molecule has 2 heterocycles. The van der Waals surface area contributed by atoms with Crippen molar-refractivity contribution in [2.75, 3.05) is 26.3 Å². The number of benzene rings is 1. The van der Waals surface area contributed by atoms with Gasteiger partial charge in [-0.15, -0.1) is 0 Å².